The number of aryl methyl sites for hydroxylation is 2. The maximum absolute atomic E-state index is 13.6. The van der Waals surface area contributed by atoms with Crippen molar-refractivity contribution in [3.8, 4) is 5.75 Å². The number of nitrogens with one attached hydrogen (secondary N) is 1. The van der Waals surface area contributed by atoms with Gasteiger partial charge < -0.3 is 14.6 Å². The van der Waals surface area contributed by atoms with Crippen molar-refractivity contribution in [2.75, 3.05) is 12.4 Å². The van der Waals surface area contributed by atoms with E-state index in [1.807, 2.05) is 74.5 Å². The van der Waals surface area contributed by atoms with Gasteiger partial charge in [-0.3, -0.25) is 14.2 Å². The molecular weight excluding hydrogens is 440 g/mol. The molecule has 0 atom stereocenters. The molecule has 2 heterocycles. The van der Waals surface area contributed by atoms with Gasteiger partial charge in [0.15, 0.2) is 0 Å². The number of anilines is 1. The molecule has 5 rings (SSSR count). The molecule has 35 heavy (non-hydrogen) atoms. The third-order valence-corrected chi connectivity index (χ3v) is 6.05. The van der Waals surface area contributed by atoms with Gasteiger partial charge in [-0.25, -0.2) is 4.98 Å². The van der Waals surface area contributed by atoms with Crippen molar-refractivity contribution in [2.45, 2.75) is 26.9 Å². The molecule has 0 bridgehead atoms. The van der Waals surface area contributed by atoms with Crippen molar-refractivity contribution >= 4 is 33.5 Å². The number of para-hydroxylation sites is 1. The molecule has 1 N–H and O–H groups in total. The molecule has 0 aliphatic rings. The maximum atomic E-state index is 13.6. The summed E-state index contributed by atoms with van der Waals surface area (Å²) < 4.78 is 8.56. The van der Waals surface area contributed by atoms with E-state index in [0.29, 0.717) is 17.6 Å². The predicted octanol–water partition coefficient (Wildman–Crippen LogP) is 4.66. The molecule has 2 aromatic heterocycles. The van der Waals surface area contributed by atoms with Crippen molar-refractivity contribution in [2.24, 2.45) is 0 Å². The lowest BCUT2D eigenvalue weighted by molar-refractivity contribution is -0.116. The third-order valence-electron chi connectivity index (χ3n) is 6.05. The fourth-order valence-electron chi connectivity index (χ4n) is 4.54. The van der Waals surface area contributed by atoms with Gasteiger partial charge in [0.2, 0.25) is 5.91 Å². The van der Waals surface area contributed by atoms with E-state index in [1.165, 1.54) is 0 Å². The summed E-state index contributed by atoms with van der Waals surface area (Å²) in [6, 6.07) is 21.1. The lowest BCUT2D eigenvalue weighted by Crippen LogP contribution is -2.25. The summed E-state index contributed by atoms with van der Waals surface area (Å²) >= 11 is 0. The van der Waals surface area contributed by atoms with Gasteiger partial charge in [-0.15, -0.1) is 0 Å². The number of carbonyl (C=O) groups is 1. The number of carbonyl (C=O) groups excluding carboxylic acids is 1. The molecule has 176 valence electrons. The van der Waals surface area contributed by atoms with Crippen LogP contribution in [0.1, 0.15) is 16.7 Å². The fourth-order valence-corrected chi connectivity index (χ4v) is 4.54. The SMILES string of the molecule is COc1ccc(Cn2cnc3c4ccccc4n(CC(=O)Nc4cc(C)cc(C)c4)c3c2=O)cc1. The summed E-state index contributed by atoms with van der Waals surface area (Å²) in [6.45, 7) is 4.35. The van der Waals surface area contributed by atoms with Gasteiger partial charge in [-0.1, -0.05) is 36.4 Å². The number of hydrogen-bond donors (Lipinski definition) is 1. The maximum Gasteiger partial charge on any atom is 0.278 e. The molecule has 0 saturated heterocycles. The first kappa shape index (κ1) is 22.4. The minimum atomic E-state index is -0.206. The Labute approximate surface area is 202 Å². The van der Waals surface area contributed by atoms with E-state index in [-0.39, 0.29) is 18.0 Å². The highest BCUT2D eigenvalue weighted by Gasteiger charge is 2.18. The molecule has 0 aliphatic heterocycles. The number of ether oxygens (including phenoxy) is 1. The minimum Gasteiger partial charge on any atom is -0.497 e. The van der Waals surface area contributed by atoms with Crippen LogP contribution in [0.15, 0.2) is 77.9 Å². The number of amides is 1. The van der Waals surface area contributed by atoms with Gasteiger partial charge in [0, 0.05) is 11.1 Å². The van der Waals surface area contributed by atoms with E-state index in [4.69, 9.17) is 4.74 Å². The highest BCUT2D eigenvalue weighted by molar-refractivity contribution is 6.06. The lowest BCUT2D eigenvalue weighted by atomic mass is 10.1. The zero-order valence-corrected chi connectivity index (χ0v) is 19.9. The van der Waals surface area contributed by atoms with Crippen molar-refractivity contribution in [3.05, 3.63) is 100 Å². The summed E-state index contributed by atoms with van der Waals surface area (Å²) in [5.41, 5.74) is 5.44. The second-order valence-corrected chi connectivity index (χ2v) is 8.75. The van der Waals surface area contributed by atoms with E-state index in [2.05, 4.69) is 16.4 Å². The number of benzene rings is 3. The molecule has 7 heteroatoms. The smallest absolute Gasteiger partial charge is 0.278 e. The summed E-state index contributed by atoms with van der Waals surface area (Å²) in [5.74, 6) is 0.548. The van der Waals surface area contributed by atoms with Gasteiger partial charge in [-0.05, 0) is 60.9 Å². The standard InChI is InChI=1S/C28H26N4O3/c1-18-12-19(2)14-21(13-18)30-25(33)16-32-24-7-5-4-6-23(24)26-27(32)28(34)31(17-29-26)15-20-8-10-22(35-3)11-9-20/h4-14,17H,15-16H2,1-3H3,(H,30,33). The van der Waals surface area contributed by atoms with E-state index in [1.54, 1.807) is 22.6 Å². The Morgan fingerprint density at radius 2 is 1.71 bits per heavy atom. The molecule has 3 aromatic carbocycles. The van der Waals surface area contributed by atoms with Gasteiger partial charge in [0.05, 0.1) is 25.5 Å². The molecule has 7 nitrogen and oxygen atoms in total. The highest BCUT2D eigenvalue weighted by atomic mass is 16.5. The van der Waals surface area contributed by atoms with Crippen LogP contribution in [0.4, 0.5) is 5.69 Å². The molecular formula is C28H26N4O3. The summed E-state index contributed by atoms with van der Waals surface area (Å²) in [4.78, 5) is 31.3. The molecule has 0 spiro atoms. The van der Waals surface area contributed by atoms with Crippen LogP contribution in [0.5, 0.6) is 5.75 Å². The van der Waals surface area contributed by atoms with Crippen LogP contribution in [-0.4, -0.2) is 27.1 Å². The van der Waals surface area contributed by atoms with Crippen molar-refractivity contribution < 1.29 is 9.53 Å². The first-order valence-corrected chi connectivity index (χ1v) is 11.4. The Morgan fingerprint density at radius 3 is 2.43 bits per heavy atom. The van der Waals surface area contributed by atoms with Crippen molar-refractivity contribution in [3.63, 3.8) is 0 Å². The number of aromatic nitrogens is 3. The van der Waals surface area contributed by atoms with Crippen LogP contribution in [0.25, 0.3) is 21.9 Å². The average Bonchev–Trinajstić information content (AvgIpc) is 3.14. The van der Waals surface area contributed by atoms with Crippen LogP contribution >= 0.6 is 0 Å². The second-order valence-electron chi connectivity index (χ2n) is 8.75. The van der Waals surface area contributed by atoms with Gasteiger partial charge in [0.25, 0.3) is 5.56 Å². The van der Waals surface area contributed by atoms with Crippen LogP contribution in [-0.2, 0) is 17.9 Å². The van der Waals surface area contributed by atoms with E-state index >= 15 is 0 Å². The molecule has 0 radical (unpaired) electrons. The minimum absolute atomic E-state index is 0.000468. The van der Waals surface area contributed by atoms with Crippen LogP contribution in [0.3, 0.4) is 0 Å². The molecule has 0 fully saturated rings. The average molecular weight is 467 g/mol. The Balaban J connectivity index is 1.55. The number of hydrogen-bond acceptors (Lipinski definition) is 4. The third kappa shape index (κ3) is 4.40. The molecule has 1 amide bonds. The monoisotopic (exact) mass is 466 g/mol. The quantitative estimate of drug-likeness (QED) is 0.395. The van der Waals surface area contributed by atoms with E-state index in [0.717, 1.165) is 39.0 Å². The first-order valence-electron chi connectivity index (χ1n) is 11.4. The molecule has 0 unspecified atom stereocenters. The fraction of sp³-hybridized carbons (Fsp3) is 0.179. The largest absolute Gasteiger partial charge is 0.497 e. The van der Waals surface area contributed by atoms with Crippen LogP contribution in [0, 0.1) is 13.8 Å². The summed E-state index contributed by atoms with van der Waals surface area (Å²) in [6.07, 6.45) is 1.57. The van der Waals surface area contributed by atoms with Crippen molar-refractivity contribution in [1.29, 1.82) is 0 Å². The Bertz CT molecular complexity index is 1590. The predicted molar refractivity (Wildman–Crippen MR) is 138 cm³/mol. The number of methoxy groups -OCH3 is 1. The van der Waals surface area contributed by atoms with Crippen molar-refractivity contribution in [1.82, 2.24) is 14.1 Å². The lowest BCUT2D eigenvalue weighted by Gasteiger charge is -2.11. The highest BCUT2D eigenvalue weighted by Crippen LogP contribution is 2.25. The number of fused-ring (bicyclic) bond motifs is 3. The molecule has 0 aliphatic carbocycles. The Hall–Kier alpha value is -4.39. The normalized spacial score (nSPS) is 11.2. The van der Waals surface area contributed by atoms with Crippen LogP contribution in [0.2, 0.25) is 0 Å². The molecule has 5 aromatic rings. The Kier molecular flexibility index (Phi) is 5.82. The van der Waals surface area contributed by atoms with E-state index < -0.39 is 0 Å². The zero-order chi connectivity index (χ0) is 24.5. The zero-order valence-electron chi connectivity index (χ0n) is 19.9. The van der Waals surface area contributed by atoms with Gasteiger partial charge in [-0.2, -0.15) is 0 Å². The first-order chi connectivity index (χ1) is 16.9. The van der Waals surface area contributed by atoms with Crippen LogP contribution < -0.4 is 15.6 Å². The Morgan fingerprint density at radius 1 is 1.00 bits per heavy atom. The topological polar surface area (TPSA) is 78.2 Å². The molecule has 0 saturated carbocycles. The summed E-state index contributed by atoms with van der Waals surface area (Å²) in [7, 11) is 1.62. The van der Waals surface area contributed by atoms with E-state index in [9.17, 15) is 9.59 Å². The number of rotatable bonds is 6. The summed E-state index contributed by atoms with van der Waals surface area (Å²) in [5, 5.41) is 3.82. The van der Waals surface area contributed by atoms with Gasteiger partial charge >= 0.3 is 0 Å². The number of nitrogens with zero attached hydrogens (tertiary/aromatic N) is 3. The van der Waals surface area contributed by atoms with Gasteiger partial charge in [0.1, 0.15) is 23.3 Å². The second kappa shape index (κ2) is 9.10.